The lowest BCUT2D eigenvalue weighted by Gasteiger charge is -2.08. The Morgan fingerprint density at radius 3 is 2.74 bits per heavy atom. The van der Waals surface area contributed by atoms with E-state index in [0.29, 0.717) is 34.5 Å². The molecule has 0 atom stereocenters. The molecule has 0 unspecified atom stereocenters. The van der Waals surface area contributed by atoms with Crippen LogP contribution in [-0.2, 0) is 4.79 Å². The highest BCUT2D eigenvalue weighted by Crippen LogP contribution is 2.30. The number of hydrogen-bond donors (Lipinski definition) is 2. The summed E-state index contributed by atoms with van der Waals surface area (Å²) in [5.74, 6) is 1.09. The second-order valence-electron chi connectivity index (χ2n) is 7.16. The first-order valence-corrected chi connectivity index (χ1v) is 9.82. The number of rotatable bonds is 6. The second-order valence-corrected chi connectivity index (χ2v) is 7.16. The van der Waals surface area contributed by atoms with Gasteiger partial charge >= 0.3 is 0 Å². The van der Waals surface area contributed by atoms with Gasteiger partial charge in [-0.2, -0.15) is 0 Å². The monoisotopic (exact) mass is 414 g/mol. The van der Waals surface area contributed by atoms with Crippen molar-refractivity contribution in [3.05, 3.63) is 72.7 Å². The molecule has 3 aromatic heterocycles. The number of hydrogen-bond acceptors (Lipinski definition) is 6. The van der Waals surface area contributed by atoms with Gasteiger partial charge in [-0.15, -0.1) is 5.10 Å². The van der Waals surface area contributed by atoms with Gasteiger partial charge < -0.3 is 15.4 Å². The number of nitrogens with zero attached hydrogens (tertiary/aromatic N) is 4. The van der Waals surface area contributed by atoms with Crippen molar-refractivity contribution >= 4 is 29.0 Å². The van der Waals surface area contributed by atoms with E-state index in [-0.39, 0.29) is 17.7 Å². The molecule has 3 heterocycles. The van der Waals surface area contributed by atoms with E-state index in [2.05, 4.69) is 25.7 Å². The number of nitrogens with one attached hydrogen (secondary N) is 2. The van der Waals surface area contributed by atoms with Crippen molar-refractivity contribution < 1.29 is 14.3 Å². The van der Waals surface area contributed by atoms with Crippen LogP contribution < -0.4 is 15.4 Å². The van der Waals surface area contributed by atoms with E-state index in [1.165, 1.54) is 0 Å². The molecule has 1 aliphatic rings. The van der Waals surface area contributed by atoms with Crippen molar-refractivity contribution in [2.75, 3.05) is 10.6 Å². The highest BCUT2D eigenvalue weighted by Gasteiger charge is 2.30. The van der Waals surface area contributed by atoms with Crippen molar-refractivity contribution in [2.45, 2.75) is 12.8 Å². The molecule has 4 aromatic rings. The predicted molar refractivity (Wildman–Crippen MR) is 113 cm³/mol. The summed E-state index contributed by atoms with van der Waals surface area (Å²) < 4.78 is 7.39. The van der Waals surface area contributed by atoms with Gasteiger partial charge in [0.25, 0.3) is 5.91 Å². The Balaban J connectivity index is 1.29. The van der Waals surface area contributed by atoms with Crippen LogP contribution in [0.25, 0.3) is 5.65 Å². The van der Waals surface area contributed by atoms with Gasteiger partial charge in [0.05, 0.1) is 6.20 Å². The maximum atomic E-state index is 12.3. The molecule has 0 saturated heterocycles. The quantitative estimate of drug-likeness (QED) is 0.499. The molecule has 2 N–H and O–H groups in total. The number of carbonyl (C=O) groups is 2. The molecule has 0 bridgehead atoms. The Morgan fingerprint density at radius 1 is 1.03 bits per heavy atom. The van der Waals surface area contributed by atoms with Crippen LogP contribution in [0, 0.1) is 5.92 Å². The first kappa shape index (κ1) is 18.7. The lowest BCUT2D eigenvalue weighted by atomic mass is 10.2. The van der Waals surface area contributed by atoms with Crippen molar-refractivity contribution in [3.8, 4) is 11.6 Å². The van der Waals surface area contributed by atoms with Crippen molar-refractivity contribution in [1.29, 1.82) is 0 Å². The zero-order valence-electron chi connectivity index (χ0n) is 16.4. The summed E-state index contributed by atoms with van der Waals surface area (Å²) in [6.45, 7) is 0. The van der Waals surface area contributed by atoms with E-state index in [0.717, 1.165) is 12.8 Å². The molecule has 31 heavy (non-hydrogen) atoms. The summed E-state index contributed by atoms with van der Waals surface area (Å²) in [6.07, 6.45) is 5.06. The molecule has 1 saturated carbocycles. The summed E-state index contributed by atoms with van der Waals surface area (Å²) in [7, 11) is 0. The van der Waals surface area contributed by atoms with Gasteiger partial charge in [0.2, 0.25) is 11.8 Å². The van der Waals surface area contributed by atoms with E-state index < -0.39 is 0 Å². The molecule has 1 aliphatic carbocycles. The second kappa shape index (κ2) is 7.86. The number of fused-ring (bicyclic) bond motifs is 1. The largest absolute Gasteiger partial charge is 0.438 e. The topological polar surface area (TPSA) is 111 Å². The summed E-state index contributed by atoms with van der Waals surface area (Å²) >= 11 is 0. The normalized spacial score (nSPS) is 13.0. The molecule has 154 valence electrons. The lowest BCUT2D eigenvalue weighted by molar-refractivity contribution is -0.117. The smallest absolute Gasteiger partial charge is 0.274 e. The third-order valence-electron chi connectivity index (χ3n) is 4.71. The number of anilines is 2. The average Bonchev–Trinajstić information content (AvgIpc) is 3.55. The van der Waals surface area contributed by atoms with Crippen LogP contribution in [0.3, 0.4) is 0 Å². The van der Waals surface area contributed by atoms with E-state index in [9.17, 15) is 9.59 Å². The summed E-state index contributed by atoms with van der Waals surface area (Å²) in [5.41, 5.74) is 1.49. The molecule has 1 aromatic carbocycles. The number of pyridine rings is 1. The Hall–Kier alpha value is -4.27. The van der Waals surface area contributed by atoms with Gasteiger partial charge in [0.1, 0.15) is 11.4 Å². The fraction of sp³-hybridized carbons (Fsp3) is 0.136. The van der Waals surface area contributed by atoms with Crippen LogP contribution >= 0.6 is 0 Å². The van der Waals surface area contributed by atoms with Gasteiger partial charge in [-0.3, -0.25) is 14.6 Å². The Kier molecular flexibility index (Phi) is 4.75. The summed E-state index contributed by atoms with van der Waals surface area (Å²) in [5, 5.41) is 9.98. The van der Waals surface area contributed by atoms with E-state index in [4.69, 9.17) is 4.74 Å². The maximum absolute atomic E-state index is 12.3. The third kappa shape index (κ3) is 4.35. The van der Waals surface area contributed by atoms with Crippen LogP contribution in [0.1, 0.15) is 23.3 Å². The highest BCUT2D eigenvalue weighted by atomic mass is 16.5. The fourth-order valence-corrected chi connectivity index (χ4v) is 3.00. The van der Waals surface area contributed by atoms with Crippen LogP contribution in [0.4, 0.5) is 11.5 Å². The molecule has 0 spiro atoms. The van der Waals surface area contributed by atoms with Crippen LogP contribution in [0.2, 0.25) is 0 Å². The van der Waals surface area contributed by atoms with E-state index >= 15 is 0 Å². The van der Waals surface area contributed by atoms with Crippen LogP contribution in [0.5, 0.6) is 11.6 Å². The number of amides is 2. The Labute approximate surface area is 177 Å². The minimum Gasteiger partial charge on any atom is -0.438 e. The zero-order chi connectivity index (χ0) is 21.2. The molecule has 2 amide bonds. The first-order valence-electron chi connectivity index (χ1n) is 9.82. The molecular weight excluding hydrogens is 396 g/mol. The van der Waals surface area contributed by atoms with Gasteiger partial charge in [-0.05, 0) is 43.2 Å². The first-order chi connectivity index (χ1) is 15.1. The lowest BCUT2D eigenvalue weighted by Crippen LogP contribution is -2.13. The third-order valence-corrected chi connectivity index (χ3v) is 4.71. The molecule has 0 aliphatic heterocycles. The molecule has 5 rings (SSSR count). The van der Waals surface area contributed by atoms with E-state index in [1.54, 1.807) is 71.5 Å². The van der Waals surface area contributed by atoms with Crippen molar-refractivity contribution in [1.82, 2.24) is 19.6 Å². The van der Waals surface area contributed by atoms with Crippen molar-refractivity contribution in [3.63, 3.8) is 0 Å². The zero-order valence-corrected chi connectivity index (χ0v) is 16.4. The average molecular weight is 414 g/mol. The summed E-state index contributed by atoms with van der Waals surface area (Å²) in [6, 6.07) is 15.6. The SMILES string of the molecule is O=C(Nc1cccc(Oc2ccc3nc(NC(=O)C4CC4)cn3n2)c1)c1ccccn1. The molecule has 0 radical (unpaired) electrons. The standard InChI is InChI=1S/C22H18N6O3/c29-21(14-7-8-14)26-18-13-28-19(25-18)9-10-20(27-28)31-16-5-3-4-15(12-16)24-22(30)17-6-1-2-11-23-17/h1-6,9-14H,7-8H2,(H,24,30)(H,26,29). The molecular formula is C22H18N6O3. The minimum absolute atomic E-state index is 0.00977. The molecule has 9 heteroatoms. The molecule has 1 fully saturated rings. The number of ether oxygens (including phenoxy) is 1. The Bertz CT molecular complexity index is 1270. The number of benzene rings is 1. The Morgan fingerprint density at radius 2 is 1.94 bits per heavy atom. The number of carbonyl (C=O) groups excluding carboxylic acids is 2. The van der Waals surface area contributed by atoms with Gasteiger partial charge in [0.15, 0.2) is 11.5 Å². The van der Waals surface area contributed by atoms with Crippen molar-refractivity contribution in [2.24, 2.45) is 5.92 Å². The summed E-state index contributed by atoms with van der Waals surface area (Å²) in [4.78, 5) is 32.6. The number of aromatic nitrogens is 4. The van der Waals surface area contributed by atoms with Crippen LogP contribution in [0.15, 0.2) is 67.0 Å². The highest BCUT2D eigenvalue weighted by molar-refractivity contribution is 6.02. The van der Waals surface area contributed by atoms with Crippen LogP contribution in [-0.4, -0.2) is 31.4 Å². The predicted octanol–water partition coefficient (Wildman–Crippen LogP) is 3.52. The minimum atomic E-state index is -0.309. The van der Waals surface area contributed by atoms with E-state index in [1.807, 2.05) is 0 Å². The number of imidazole rings is 1. The maximum Gasteiger partial charge on any atom is 0.274 e. The molecule has 9 nitrogen and oxygen atoms in total. The van der Waals surface area contributed by atoms with Gasteiger partial charge in [-0.25, -0.2) is 9.50 Å². The fourth-order valence-electron chi connectivity index (χ4n) is 3.00. The van der Waals surface area contributed by atoms with Gasteiger partial charge in [0, 0.05) is 29.9 Å². The van der Waals surface area contributed by atoms with Gasteiger partial charge in [-0.1, -0.05) is 12.1 Å².